The highest BCUT2D eigenvalue weighted by molar-refractivity contribution is 6.76. The van der Waals surface area contributed by atoms with Gasteiger partial charge in [-0.15, -0.1) is 0 Å². The van der Waals surface area contributed by atoms with Gasteiger partial charge in [-0.25, -0.2) is 4.39 Å². The molecule has 0 aliphatic heterocycles. The summed E-state index contributed by atoms with van der Waals surface area (Å²) in [7, 11) is 0.0934. The van der Waals surface area contributed by atoms with Crippen molar-refractivity contribution in [3.63, 3.8) is 0 Å². The SMILES string of the molecule is COc1ccc(F)cc1-c1c([N+](=O)[O-])cnn1CCOC[Si](C)(C)C. The number of halogens is 1. The van der Waals surface area contributed by atoms with Crippen LogP contribution in [0.3, 0.4) is 0 Å². The molecule has 0 saturated carbocycles. The quantitative estimate of drug-likeness (QED) is 0.309. The molecule has 0 bridgehead atoms. The molecule has 0 N–H and O–H groups in total. The lowest BCUT2D eigenvalue weighted by atomic mass is 10.1. The summed E-state index contributed by atoms with van der Waals surface area (Å²) in [4.78, 5) is 10.8. The predicted molar refractivity (Wildman–Crippen MR) is 95.0 cm³/mol. The Bertz CT molecular complexity index is 758. The number of hydrogen-bond acceptors (Lipinski definition) is 5. The highest BCUT2D eigenvalue weighted by Crippen LogP contribution is 2.36. The Hall–Kier alpha value is -2.26. The zero-order valence-electron chi connectivity index (χ0n) is 14.8. The van der Waals surface area contributed by atoms with Crippen LogP contribution < -0.4 is 4.74 Å². The molecule has 0 saturated heterocycles. The first-order valence-corrected chi connectivity index (χ1v) is 11.6. The van der Waals surface area contributed by atoms with Gasteiger partial charge in [-0.05, 0) is 18.2 Å². The van der Waals surface area contributed by atoms with Gasteiger partial charge >= 0.3 is 5.69 Å². The number of ether oxygens (including phenoxy) is 2. The topological polar surface area (TPSA) is 79.4 Å². The van der Waals surface area contributed by atoms with Gasteiger partial charge in [-0.3, -0.25) is 14.8 Å². The van der Waals surface area contributed by atoms with Gasteiger partial charge in [0.15, 0.2) is 0 Å². The normalized spacial score (nSPS) is 11.6. The van der Waals surface area contributed by atoms with Crippen molar-refractivity contribution in [2.45, 2.75) is 26.2 Å². The molecule has 7 nitrogen and oxygen atoms in total. The first kappa shape index (κ1) is 19.1. The Labute approximate surface area is 146 Å². The molecule has 1 aromatic heterocycles. The number of aromatic nitrogens is 2. The van der Waals surface area contributed by atoms with Crippen LogP contribution in [0.4, 0.5) is 10.1 Å². The van der Waals surface area contributed by atoms with Gasteiger partial charge in [0, 0.05) is 6.23 Å². The van der Waals surface area contributed by atoms with E-state index in [0.29, 0.717) is 25.1 Å². The van der Waals surface area contributed by atoms with Crippen molar-refractivity contribution in [2.24, 2.45) is 0 Å². The number of hydrogen-bond donors (Lipinski definition) is 0. The van der Waals surface area contributed by atoms with Crippen LogP contribution in [0.2, 0.25) is 19.6 Å². The second-order valence-electron chi connectivity index (χ2n) is 6.82. The fraction of sp³-hybridized carbons (Fsp3) is 0.438. The average Bonchev–Trinajstić information content (AvgIpc) is 2.94. The molecule has 0 unspecified atom stereocenters. The second-order valence-corrected chi connectivity index (χ2v) is 12.2. The Morgan fingerprint density at radius 2 is 2.08 bits per heavy atom. The van der Waals surface area contributed by atoms with Gasteiger partial charge in [0.25, 0.3) is 0 Å². The molecule has 2 rings (SSSR count). The van der Waals surface area contributed by atoms with E-state index in [2.05, 4.69) is 24.7 Å². The average molecular weight is 367 g/mol. The minimum Gasteiger partial charge on any atom is -0.496 e. The maximum atomic E-state index is 13.7. The van der Waals surface area contributed by atoms with E-state index in [1.165, 1.54) is 30.0 Å². The van der Waals surface area contributed by atoms with Crippen LogP contribution in [0.25, 0.3) is 11.3 Å². The van der Waals surface area contributed by atoms with E-state index in [1.807, 2.05) is 0 Å². The van der Waals surface area contributed by atoms with Gasteiger partial charge in [-0.2, -0.15) is 5.10 Å². The molecular formula is C16H22FN3O4Si. The molecule has 2 aromatic rings. The van der Waals surface area contributed by atoms with Gasteiger partial charge in [0.2, 0.25) is 0 Å². The van der Waals surface area contributed by atoms with E-state index in [0.717, 1.165) is 6.20 Å². The Morgan fingerprint density at radius 1 is 1.36 bits per heavy atom. The van der Waals surface area contributed by atoms with Gasteiger partial charge in [-0.1, -0.05) is 19.6 Å². The van der Waals surface area contributed by atoms with E-state index in [4.69, 9.17) is 9.47 Å². The van der Waals surface area contributed by atoms with E-state index in [1.54, 1.807) is 0 Å². The summed E-state index contributed by atoms with van der Waals surface area (Å²) < 4.78 is 26.1. The van der Waals surface area contributed by atoms with Crippen LogP contribution in [0.5, 0.6) is 5.75 Å². The molecule has 136 valence electrons. The van der Waals surface area contributed by atoms with Crippen LogP contribution >= 0.6 is 0 Å². The summed E-state index contributed by atoms with van der Waals surface area (Å²) in [6.45, 7) is 7.26. The molecule has 0 spiro atoms. The molecule has 0 aliphatic rings. The summed E-state index contributed by atoms with van der Waals surface area (Å²) in [6.07, 6.45) is 1.85. The third-order valence-electron chi connectivity index (χ3n) is 3.42. The van der Waals surface area contributed by atoms with E-state index < -0.39 is 18.8 Å². The standard InChI is InChI=1S/C16H22FN3O4Si/c1-23-15-6-5-12(17)9-13(15)16-14(20(21)22)10-18-19(16)7-8-24-11-25(2,3)4/h5-6,9-10H,7-8,11H2,1-4H3. The monoisotopic (exact) mass is 367 g/mol. The third-order valence-corrected chi connectivity index (χ3v) is 4.49. The van der Waals surface area contributed by atoms with E-state index in [9.17, 15) is 14.5 Å². The predicted octanol–water partition coefficient (Wildman–Crippen LogP) is 3.50. The van der Waals surface area contributed by atoms with Crippen molar-refractivity contribution in [3.8, 4) is 17.0 Å². The minimum atomic E-state index is -1.34. The molecule has 0 fully saturated rings. The lowest BCUT2D eigenvalue weighted by Crippen LogP contribution is -2.29. The summed E-state index contributed by atoms with van der Waals surface area (Å²) in [5.41, 5.74) is 0.295. The molecule has 0 aliphatic carbocycles. The van der Waals surface area contributed by atoms with Crippen LogP contribution in [0, 0.1) is 15.9 Å². The van der Waals surface area contributed by atoms with Crippen LogP contribution in [-0.4, -0.2) is 42.7 Å². The molecule has 9 heteroatoms. The van der Waals surface area contributed by atoms with Crippen LogP contribution in [0.15, 0.2) is 24.4 Å². The number of methoxy groups -OCH3 is 1. The Kier molecular flexibility index (Phi) is 5.91. The van der Waals surface area contributed by atoms with Crippen LogP contribution in [-0.2, 0) is 11.3 Å². The number of nitro groups is 1. The van der Waals surface area contributed by atoms with E-state index in [-0.39, 0.29) is 16.9 Å². The summed E-state index contributed by atoms with van der Waals surface area (Å²) in [6, 6.07) is 3.89. The smallest absolute Gasteiger partial charge is 0.315 e. The van der Waals surface area contributed by atoms with Crippen molar-refractivity contribution in [1.82, 2.24) is 9.78 Å². The summed E-state index contributed by atoms with van der Waals surface area (Å²) in [5, 5.41) is 15.4. The Balaban J connectivity index is 2.34. The van der Waals surface area contributed by atoms with Gasteiger partial charge < -0.3 is 9.47 Å². The highest BCUT2D eigenvalue weighted by Gasteiger charge is 2.25. The maximum Gasteiger partial charge on any atom is 0.315 e. The molecular weight excluding hydrogens is 345 g/mol. The van der Waals surface area contributed by atoms with Gasteiger partial charge in [0.05, 0.1) is 38.8 Å². The zero-order chi connectivity index (χ0) is 18.6. The van der Waals surface area contributed by atoms with Crippen molar-refractivity contribution in [3.05, 3.63) is 40.3 Å². The number of rotatable bonds is 8. The fourth-order valence-electron chi connectivity index (χ4n) is 2.35. The molecule has 0 atom stereocenters. The highest BCUT2D eigenvalue weighted by atomic mass is 28.3. The molecule has 1 heterocycles. The third kappa shape index (κ3) is 4.86. The second kappa shape index (κ2) is 7.75. The molecule has 0 radical (unpaired) electrons. The Morgan fingerprint density at radius 3 is 2.68 bits per heavy atom. The van der Waals surface area contributed by atoms with Crippen molar-refractivity contribution >= 4 is 13.8 Å². The minimum absolute atomic E-state index is 0.200. The summed E-state index contributed by atoms with van der Waals surface area (Å²) in [5.74, 6) is -0.165. The summed E-state index contributed by atoms with van der Waals surface area (Å²) >= 11 is 0. The molecule has 1 aromatic carbocycles. The maximum absolute atomic E-state index is 13.7. The van der Waals surface area contributed by atoms with E-state index >= 15 is 0 Å². The van der Waals surface area contributed by atoms with Crippen molar-refractivity contribution < 1.29 is 18.8 Å². The van der Waals surface area contributed by atoms with Crippen LogP contribution in [0.1, 0.15) is 0 Å². The first-order chi connectivity index (χ1) is 11.7. The molecule has 25 heavy (non-hydrogen) atoms. The zero-order valence-corrected chi connectivity index (χ0v) is 15.8. The lowest BCUT2D eigenvalue weighted by molar-refractivity contribution is -0.384. The number of nitrogens with zero attached hydrogens (tertiary/aromatic N) is 3. The van der Waals surface area contributed by atoms with Crippen molar-refractivity contribution in [2.75, 3.05) is 19.9 Å². The first-order valence-electron chi connectivity index (χ1n) is 7.85. The number of benzene rings is 1. The largest absolute Gasteiger partial charge is 0.496 e. The van der Waals surface area contributed by atoms with Crippen molar-refractivity contribution in [1.29, 1.82) is 0 Å². The fourth-order valence-corrected chi connectivity index (χ4v) is 3.11. The lowest BCUT2D eigenvalue weighted by Gasteiger charge is -2.16. The van der Waals surface area contributed by atoms with Gasteiger partial charge in [0.1, 0.15) is 23.5 Å². The molecule has 0 amide bonds.